The summed E-state index contributed by atoms with van der Waals surface area (Å²) in [4.78, 5) is 0. The molecule has 0 heterocycles. The summed E-state index contributed by atoms with van der Waals surface area (Å²) in [5.74, 6) is 1.52. The molecule has 0 rings (SSSR count). The van der Waals surface area contributed by atoms with Crippen LogP contribution < -0.4 is 24.8 Å². The van der Waals surface area contributed by atoms with Crippen LogP contribution >= 0.6 is 0 Å². The summed E-state index contributed by atoms with van der Waals surface area (Å²) in [5.41, 5.74) is 1.34. The third kappa shape index (κ3) is 14.8. The molecular formula is C13H24Cl2Mg. The van der Waals surface area contributed by atoms with E-state index in [2.05, 4.69) is 33.9 Å². The van der Waals surface area contributed by atoms with Gasteiger partial charge in [-0.15, -0.1) is 6.58 Å². The van der Waals surface area contributed by atoms with Gasteiger partial charge in [-0.1, -0.05) is 38.5 Å². The molecule has 0 aromatic heterocycles. The molecule has 3 heteroatoms. The van der Waals surface area contributed by atoms with Gasteiger partial charge in [0, 0.05) is 0 Å². The Morgan fingerprint density at radius 2 is 1.62 bits per heavy atom. The van der Waals surface area contributed by atoms with Crippen molar-refractivity contribution in [3.63, 3.8) is 0 Å². The number of halogens is 2. The third-order valence-electron chi connectivity index (χ3n) is 2.51. The fraction of sp³-hybridized carbons (Fsp3) is 0.692. The smallest absolute Gasteiger partial charge is 1.00 e. The quantitative estimate of drug-likeness (QED) is 0.380. The van der Waals surface area contributed by atoms with Crippen molar-refractivity contribution in [2.45, 2.75) is 46.5 Å². The van der Waals surface area contributed by atoms with Gasteiger partial charge in [-0.3, -0.25) is 0 Å². The molecule has 1 unspecified atom stereocenters. The zero-order chi connectivity index (χ0) is 10.3. The Morgan fingerprint density at radius 3 is 1.94 bits per heavy atom. The molecule has 0 radical (unpaired) electrons. The van der Waals surface area contributed by atoms with E-state index < -0.39 is 0 Å². The molecule has 0 saturated carbocycles. The van der Waals surface area contributed by atoms with Crippen LogP contribution in [-0.2, 0) is 0 Å². The van der Waals surface area contributed by atoms with Crippen molar-refractivity contribution in [3.05, 3.63) is 24.8 Å². The molecule has 1 atom stereocenters. The van der Waals surface area contributed by atoms with E-state index in [1.54, 1.807) is 0 Å². The fourth-order valence-electron chi connectivity index (χ4n) is 1.49. The van der Waals surface area contributed by atoms with Crippen LogP contribution in [0.25, 0.3) is 0 Å². The zero-order valence-corrected chi connectivity index (χ0v) is 13.9. The van der Waals surface area contributed by atoms with Gasteiger partial charge in [-0.2, -0.15) is 0 Å². The minimum absolute atomic E-state index is 0. The van der Waals surface area contributed by atoms with E-state index in [0.29, 0.717) is 5.92 Å². The average Bonchev–Trinajstić information content (AvgIpc) is 2.03. The van der Waals surface area contributed by atoms with Crippen LogP contribution in [0.15, 0.2) is 24.8 Å². The summed E-state index contributed by atoms with van der Waals surface area (Å²) in [7, 11) is 0. The second-order valence-electron chi connectivity index (χ2n) is 4.38. The second-order valence-corrected chi connectivity index (χ2v) is 4.38. The minimum Gasteiger partial charge on any atom is -1.00 e. The van der Waals surface area contributed by atoms with E-state index >= 15 is 0 Å². The number of hydrogen-bond acceptors (Lipinski definition) is 0. The minimum atomic E-state index is 0. The number of rotatable bonds is 7. The van der Waals surface area contributed by atoms with E-state index in [1.807, 2.05) is 6.08 Å². The van der Waals surface area contributed by atoms with Gasteiger partial charge in [0.15, 0.2) is 0 Å². The van der Waals surface area contributed by atoms with Crippen LogP contribution in [-0.4, -0.2) is 23.1 Å². The molecule has 0 aliphatic heterocycles. The number of allylic oxidation sites excluding steroid dienone is 2. The maximum atomic E-state index is 4.05. The van der Waals surface area contributed by atoms with Gasteiger partial charge in [0.1, 0.15) is 0 Å². The predicted molar refractivity (Wildman–Crippen MR) is 67.6 cm³/mol. The molecule has 0 aromatic carbocycles. The monoisotopic (exact) mass is 274 g/mol. The Balaban J connectivity index is -0.000000240. The van der Waals surface area contributed by atoms with Crippen LogP contribution in [0.2, 0.25) is 0 Å². The molecule has 0 bridgehead atoms. The summed E-state index contributed by atoms with van der Waals surface area (Å²) in [6.45, 7) is 14.5. The molecule has 16 heavy (non-hydrogen) atoms. The normalized spacial score (nSPS) is 10.5. The van der Waals surface area contributed by atoms with Gasteiger partial charge in [0.2, 0.25) is 0 Å². The molecule has 0 amide bonds. The van der Waals surface area contributed by atoms with Gasteiger partial charge in [-0.25, -0.2) is 0 Å². The Labute approximate surface area is 130 Å². The van der Waals surface area contributed by atoms with Crippen molar-refractivity contribution >= 4 is 23.1 Å². The van der Waals surface area contributed by atoms with Gasteiger partial charge in [0.05, 0.1) is 0 Å². The molecule has 0 fully saturated rings. The van der Waals surface area contributed by atoms with Crippen LogP contribution in [0, 0.1) is 11.8 Å². The maximum Gasteiger partial charge on any atom is 2.00 e. The van der Waals surface area contributed by atoms with Crippen molar-refractivity contribution in [2.75, 3.05) is 0 Å². The van der Waals surface area contributed by atoms with Crippen LogP contribution in [0.3, 0.4) is 0 Å². The van der Waals surface area contributed by atoms with Crippen molar-refractivity contribution in [3.8, 4) is 0 Å². The molecule has 0 nitrogen and oxygen atoms in total. The Hall–Kier alpha value is 0.826. The fourth-order valence-corrected chi connectivity index (χ4v) is 1.49. The van der Waals surface area contributed by atoms with Crippen LogP contribution in [0.4, 0.5) is 0 Å². The molecule has 0 N–H and O–H groups in total. The van der Waals surface area contributed by atoms with Crippen LogP contribution in [0.5, 0.6) is 0 Å². The predicted octanol–water partition coefficient (Wildman–Crippen LogP) is -1.79. The molecule has 0 aromatic rings. The summed E-state index contributed by atoms with van der Waals surface area (Å²) in [6, 6.07) is 0. The molecule has 0 spiro atoms. The topological polar surface area (TPSA) is 0 Å². The first kappa shape index (κ1) is 25.6. The Kier molecular flexibility index (Phi) is 25.3. The molecule has 0 aliphatic carbocycles. The molecular weight excluding hydrogens is 251 g/mol. The van der Waals surface area contributed by atoms with Crippen molar-refractivity contribution in [1.29, 1.82) is 0 Å². The SMILES string of the molecule is C=CCCC(CCC(C)C)C(=C)C.[Cl-].[Cl-].[Mg+2]. The van der Waals surface area contributed by atoms with Crippen molar-refractivity contribution < 1.29 is 24.8 Å². The van der Waals surface area contributed by atoms with Crippen molar-refractivity contribution in [2.24, 2.45) is 11.8 Å². The largest absolute Gasteiger partial charge is 2.00 e. The third-order valence-corrected chi connectivity index (χ3v) is 2.51. The first-order valence-electron chi connectivity index (χ1n) is 5.34. The van der Waals surface area contributed by atoms with E-state index in [-0.39, 0.29) is 47.9 Å². The second kappa shape index (κ2) is 15.8. The van der Waals surface area contributed by atoms with E-state index in [1.165, 1.54) is 24.8 Å². The zero-order valence-electron chi connectivity index (χ0n) is 10.9. The van der Waals surface area contributed by atoms with Crippen LogP contribution in [0.1, 0.15) is 46.5 Å². The van der Waals surface area contributed by atoms with Crippen molar-refractivity contribution in [1.82, 2.24) is 0 Å². The Morgan fingerprint density at radius 1 is 1.12 bits per heavy atom. The van der Waals surface area contributed by atoms with Gasteiger partial charge >= 0.3 is 23.1 Å². The molecule has 92 valence electrons. The standard InChI is InChI=1S/C13H24.2ClH.Mg/c1-6-7-8-13(12(4)5)10-9-11(2)3;;;/h6,11,13H,1,4,7-10H2,2-3,5H3;2*1H;/q;;;+2/p-2. The van der Waals surface area contributed by atoms with Gasteiger partial charge < -0.3 is 24.8 Å². The first-order chi connectivity index (χ1) is 6.07. The molecule has 0 aliphatic rings. The first-order valence-corrected chi connectivity index (χ1v) is 5.34. The maximum absolute atomic E-state index is 4.05. The van der Waals surface area contributed by atoms with Gasteiger partial charge in [-0.05, 0) is 38.0 Å². The molecule has 0 saturated heterocycles. The Bertz CT molecular complexity index is 167. The summed E-state index contributed by atoms with van der Waals surface area (Å²) < 4.78 is 0. The summed E-state index contributed by atoms with van der Waals surface area (Å²) in [5, 5.41) is 0. The number of hydrogen-bond donors (Lipinski definition) is 0. The van der Waals surface area contributed by atoms with E-state index in [4.69, 9.17) is 0 Å². The van der Waals surface area contributed by atoms with E-state index in [9.17, 15) is 0 Å². The van der Waals surface area contributed by atoms with Gasteiger partial charge in [0.25, 0.3) is 0 Å². The van der Waals surface area contributed by atoms with E-state index in [0.717, 1.165) is 12.3 Å². The summed E-state index contributed by atoms with van der Waals surface area (Å²) >= 11 is 0. The summed E-state index contributed by atoms with van der Waals surface area (Å²) in [6.07, 6.45) is 6.96. The average molecular weight is 276 g/mol.